The number of hydrogen-bond donors (Lipinski definition) is 0. The van der Waals surface area contributed by atoms with Gasteiger partial charge in [-0.1, -0.05) is 23.7 Å². The Morgan fingerprint density at radius 1 is 1.25 bits per heavy atom. The minimum absolute atomic E-state index is 0.645. The zero-order valence-electron chi connectivity index (χ0n) is 7.34. The Balaban J connectivity index is 2.71. The first-order valence-corrected chi connectivity index (χ1v) is 4.32. The van der Waals surface area contributed by atoms with Crippen LogP contribution in [-0.2, 0) is 6.42 Å². The van der Waals surface area contributed by atoms with Crippen LogP contribution in [0, 0.1) is 0 Å². The van der Waals surface area contributed by atoms with Crippen molar-refractivity contribution in [1.29, 1.82) is 0 Å². The van der Waals surface area contributed by atoms with Crippen LogP contribution in [-0.4, -0.2) is 5.54 Å². The first kappa shape index (κ1) is 9.56. The van der Waals surface area contributed by atoms with Crippen molar-refractivity contribution >= 4 is 11.6 Å². The Kier molecular flexibility index (Phi) is 2.76. The van der Waals surface area contributed by atoms with E-state index < -0.39 is 5.54 Å². The molecule has 1 aromatic rings. The standard InChI is InChI=1S/C10H12ClN/c1-10(2,12)7-8-3-5-9(11)6-4-8/h3-6H,7H2,1-2H3. The topological polar surface area (TPSA) is 22.3 Å². The number of rotatable bonds is 2. The molecule has 12 heavy (non-hydrogen) atoms. The molecule has 0 N–H and O–H groups in total. The third-order valence-corrected chi connectivity index (χ3v) is 1.80. The third kappa shape index (κ3) is 3.24. The second kappa shape index (κ2) is 3.46. The average molecular weight is 182 g/mol. The molecule has 0 aliphatic carbocycles. The molecule has 0 saturated carbocycles. The van der Waals surface area contributed by atoms with Crippen molar-refractivity contribution in [3.63, 3.8) is 0 Å². The summed E-state index contributed by atoms with van der Waals surface area (Å²) in [6.07, 6.45) is 0.657. The van der Waals surface area contributed by atoms with Gasteiger partial charge in [0.15, 0.2) is 0 Å². The van der Waals surface area contributed by atoms with E-state index in [0.29, 0.717) is 6.42 Å². The molecule has 0 aliphatic rings. The van der Waals surface area contributed by atoms with Crippen molar-refractivity contribution < 1.29 is 0 Å². The van der Waals surface area contributed by atoms with Gasteiger partial charge < -0.3 is 0 Å². The predicted octanol–water partition coefficient (Wildman–Crippen LogP) is 2.73. The fraction of sp³-hybridized carbons (Fsp3) is 0.400. The van der Waals surface area contributed by atoms with Gasteiger partial charge in [0.1, 0.15) is 0 Å². The molecule has 1 nitrogen and oxygen atoms in total. The van der Waals surface area contributed by atoms with E-state index >= 15 is 0 Å². The van der Waals surface area contributed by atoms with Crippen LogP contribution in [0.15, 0.2) is 24.3 Å². The minimum atomic E-state index is -0.645. The van der Waals surface area contributed by atoms with Crippen molar-refractivity contribution in [2.24, 2.45) is 0 Å². The maximum Gasteiger partial charge on any atom is 0.0527 e. The molecule has 0 bridgehead atoms. The van der Waals surface area contributed by atoms with Gasteiger partial charge in [-0.3, -0.25) is 0 Å². The molecule has 0 saturated heterocycles. The van der Waals surface area contributed by atoms with E-state index in [-0.39, 0.29) is 0 Å². The summed E-state index contributed by atoms with van der Waals surface area (Å²) in [7, 11) is 0. The van der Waals surface area contributed by atoms with E-state index in [1.165, 1.54) is 0 Å². The van der Waals surface area contributed by atoms with E-state index in [0.717, 1.165) is 10.6 Å². The smallest absolute Gasteiger partial charge is 0.0527 e. The summed E-state index contributed by atoms with van der Waals surface area (Å²) in [6.45, 7) is 3.59. The molecule has 0 fully saturated rings. The van der Waals surface area contributed by atoms with E-state index in [4.69, 9.17) is 11.6 Å². The van der Waals surface area contributed by atoms with Crippen molar-refractivity contribution in [3.8, 4) is 0 Å². The van der Waals surface area contributed by atoms with Gasteiger partial charge in [-0.15, -0.1) is 5.73 Å². The van der Waals surface area contributed by atoms with Gasteiger partial charge in [-0.05, 0) is 38.0 Å². The lowest BCUT2D eigenvalue weighted by molar-refractivity contribution is 0.497. The molecule has 1 aromatic carbocycles. The highest BCUT2D eigenvalue weighted by molar-refractivity contribution is 6.30. The molecule has 0 aliphatic heterocycles. The van der Waals surface area contributed by atoms with Gasteiger partial charge in [0.05, 0.1) is 5.54 Å². The van der Waals surface area contributed by atoms with Gasteiger partial charge >= 0.3 is 0 Å². The number of halogens is 1. The highest BCUT2D eigenvalue weighted by Crippen LogP contribution is 2.14. The minimum Gasteiger partial charge on any atom is -0.138 e. The van der Waals surface area contributed by atoms with Crippen LogP contribution < -0.4 is 5.73 Å². The number of hydrogen-bond acceptors (Lipinski definition) is 0. The zero-order valence-corrected chi connectivity index (χ0v) is 8.10. The van der Waals surface area contributed by atoms with E-state index in [9.17, 15) is 5.73 Å². The molecule has 0 amide bonds. The predicted molar refractivity (Wildman–Crippen MR) is 51.4 cm³/mol. The Morgan fingerprint density at radius 3 is 2.17 bits per heavy atom. The molecule has 0 heterocycles. The van der Waals surface area contributed by atoms with Crippen molar-refractivity contribution in [2.75, 3.05) is 0 Å². The summed E-state index contributed by atoms with van der Waals surface area (Å²) in [5.41, 5.74) is 9.97. The molecular weight excluding hydrogens is 170 g/mol. The molecule has 0 unspecified atom stereocenters. The second-order valence-corrected chi connectivity index (χ2v) is 4.05. The molecule has 0 atom stereocenters. The first-order chi connectivity index (χ1) is 5.47. The van der Waals surface area contributed by atoms with Gasteiger partial charge in [0.25, 0.3) is 0 Å². The summed E-state index contributed by atoms with van der Waals surface area (Å²) in [5.74, 6) is 0. The van der Waals surface area contributed by atoms with Crippen LogP contribution >= 0.6 is 11.6 Å². The maximum absolute atomic E-state index is 9.51. The van der Waals surface area contributed by atoms with Crippen LogP contribution in [0.1, 0.15) is 19.4 Å². The summed E-state index contributed by atoms with van der Waals surface area (Å²) in [5, 5.41) is 0.731. The lowest BCUT2D eigenvalue weighted by Gasteiger charge is -2.14. The molecule has 1 rings (SSSR count). The molecule has 64 valence electrons. The molecule has 2 heteroatoms. The van der Waals surface area contributed by atoms with Gasteiger partial charge in [0, 0.05) is 5.02 Å². The summed E-state index contributed by atoms with van der Waals surface area (Å²) in [6, 6.07) is 7.53. The van der Waals surface area contributed by atoms with Crippen molar-refractivity contribution in [1.82, 2.24) is 5.73 Å². The van der Waals surface area contributed by atoms with Gasteiger partial charge in [-0.25, -0.2) is 0 Å². The fourth-order valence-corrected chi connectivity index (χ4v) is 1.23. The third-order valence-electron chi connectivity index (χ3n) is 1.55. The lowest BCUT2D eigenvalue weighted by Crippen LogP contribution is -2.24. The van der Waals surface area contributed by atoms with Gasteiger partial charge in [0.2, 0.25) is 0 Å². The Morgan fingerprint density at radius 2 is 1.75 bits per heavy atom. The first-order valence-electron chi connectivity index (χ1n) is 3.94. The average Bonchev–Trinajstić information content (AvgIpc) is 1.91. The van der Waals surface area contributed by atoms with E-state index in [1.807, 2.05) is 24.3 Å². The van der Waals surface area contributed by atoms with E-state index in [1.54, 1.807) is 13.8 Å². The Labute approximate surface area is 78.5 Å². The van der Waals surface area contributed by atoms with E-state index in [2.05, 4.69) is 0 Å². The summed E-state index contributed by atoms with van der Waals surface area (Å²) >= 11 is 5.72. The maximum atomic E-state index is 9.51. The molecule has 0 spiro atoms. The van der Waals surface area contributed by atoms with Crippen LogP contribution in [0.25, 0.3) is 0 Å². The largest absolute Gasteiger partial charge is 0.138 e. The monoisotopic (exact) mass is 181 g/mol. The number of nitrogens with zero attached hydrogens (tertiary/aromatic N) is 1. The SMILES string of the molecule is CC(C)([N])Cc1ccc(Cl)cc1. The Hall–Kier alpha value is -0.530. The summed E-state index contributed by atoms with van der Waals surface area (Å²) in [4.78, 5) is 0. The fourth-order valence-electron chi connectivity index (χ4n) is 1.10. The number of benzene rings is 1. The van der Waals surface area contributed by atoms with Crippen LogP contribution in [0.3, 0.4) is 0 Å². The Bertz CT molecular complexity index is 246. The highest BCUT2D eigenvalue weighted by atomic mass is 35.5. The molecule has 2 radical (unpaired) electrons. The van der Waals surface area contributed by atoms with Gasteiger partial charge in [-0.2, -0.15) is 0 Å². The van der Waals surface area contributed by atoms with Crippen LogP contribution in [0.2, 0.25) is 5.02 Å². The normalized spacial score (nSPS) is 11.7. The van der Waals surface area contributed by atoms with Crippen LogP contribution in [0.5, 0.6) is 0 Å². The molecular formula is C10H12ClN. The summed E-state index contributed by atoms with van der Waals surface area (Å²) < 4.78 is 0. The molecule has 0 aromatic heterocycles. The van der Waals surface area contributed by atoms with Crippen molar-refractivity contribution in [3.05, 3.63) is 34.9 Å². The second-order valence-electron chi connectivity index (χ2n) is 3.62. The van der Waals surface area contributed by atoms with Crippen molar-refractivity contribution in [2.45, 2.75) is 25.8 Å². The lowest BCUT2D eigenvalue weighted by atomic mass is 9.96. The highest BCUT2D eigenvalue weighted by Gasteiger charge is 2.13. The van der Waals surface area contributed by atoms with Crippen LogP contribution in [0.4, 0.5) is 0 Å². The zero-order chi connectivity index (χ0) is 9.19. The quantitative estimate of drug-likeness (QED) is 0.670.